The maximum atomic E-state index is 9.81. The summed E-state index contributed by atoms with van der Waals surface area (Å²) >= 11 is 1.55. The minimum atomic E-state index is -0.560. The van der Waals surface area contributed by atoms with Gasteiger partial charge >= 0.3 is 0 Å². The van der Waals surface area contributed by atoms with Crippen molar-refractivity contribution in [3.8, 4) is 0 Å². The fourth-order valence-corrected chi connectivity index (χ4v) is 2.11. The Balaban J connectivity index is 2.92. The summed E-state index contributed by atoms with van der Waals surface area (Å²) in [6, 6.07) is 2.00. The van der Waals surface area contributed by atoms with Crippen LogP contribution in [-0.4, -0.2) is 10.6 Å². The van der Waals surface area contributed by atoms with E-state index in [9.17, 15) is 5.11 Å². The topological polar surface area (TPSA) is 46.2 Å². The molecule has 1 rings (SSSR count). The van der Waals surface area contributed by atoms with E-state index in [-0.39, 0.29) is 0 Å². The third-order valence-electron chi connectivity index (χ3n) is 1.85. The molecule has 1 aromatic heterocycles. The van der Waals surface area contributed by atoms with Gasteiger partial charge in [0, 0.05) is 10.4 Å². The van der Waals surface area contributed by atoms with Crippen molar-refractivity contribution < 1.29 is 5.11 Å². The lowest BCUT2D eigenvalue weighted by atomic mass is 9.96. The Kier molecular flexibility index (Phi) is 2.56. The molecule has 0 aliphatic rings. The van der Waals surface area contributed by atoms with Gasteiger partial charge in [-0.25, -0.2) is 0 Å². The summed E-state index contributed by atoms with van der Waals surface area (Å²) in [5.74, 6) is 0. The smallest absolute Gasteiger partial charge is 0.106 e. The molecule has 0 saturated carbocycles. The Morgan fingerprint density at radius 2 is 2.17 bits per heavy atom. The van der Waals surface area contributed by atoms with E-state index >= 15 is 0 Å². The highest BCUT2D eigenvalue weighted by atomic mass is 32.1. The number of rotatable bonds is 2. The van der Waals surface area contributed by atoms with Crippen LogP contribution in [0, 0.1) is 6.92 Å². The quantitative estimate of drug-likeness (QED) is 0.738. The van der Waals surface area contributed by atoms with Crippen LogP contribution in [0.5, 0.6) is 0 Å². The van der Waals surface area contributed by atoms with Crippen molar-refractivity contribution in [2.24, 2.45) is 5.73 Å². The zero-order valence-electron chi connectivity index (χ0n) is 7.66. The molecular formula is C9H15NOS. The van der Waals surface area contributed by atoms with Crippen LogP contribution in [0.4, 0.5) is 0 Å². The first-order valence-electron chi connectivity index (χ1n) is 3.94. The van der Waals surface area contributed by atoms with Crippen LogP contribution < -0.4 is 5.73 Å². The summed E-state index contributed by atoms with van der Waals surface area (Å²) in [4.78, 5) is 0.975. The first kappa shape index (κ1) is 9.71. The van der Waals surface area contributed by atoms with Crippen LogP contribution in [-0.2, 0) is 0 Å². The van der Waals surface area contributed by atoms with Crippen molar-refractivity contribution in [3.63, 3.8) is 0 Å². The molecule has 0 amide bonds. The maximum absolute atomic E-state index is 9.81. The lowest BCUT2D eigenvalue weighted by Crippen LogP contribution is -2.39. The van der Waals surface area contributed by atoms with Crippen LogP contribution in [0.3, 0.4) is 0 Å². The molecule has 0 radical (unpaired) electrons. The lowest BCUT2D eigenvalue weighted by molar-refractivity contribution is 0.107. The fourth-order valence-electron chi connectivity index (χ4n) is 1.00. The molecule has 0 aromatic carbocycles. The van der Waals surface area contributed by atoms with Gasteiger partial charge in [-0.15, -0.1) is 11.3 Å². The average Bonchev–Trinajstić information content (AvgIpc) is 2.31. The average molecular weight is 185 g/mol. The van der Waals surface area contributed by atoms with Crippen LogP contribution >= 0.6 is 11.3 Å². The van der Waals surface area contributed by atoms with E-state index in [0.717, 1.165) is 10.4 Å². The van der Waals surface area contributed by atoms with Gasteiger partial charge in [-0.3, -0.25) is 0 Å². The maximum Gasteiger partial charge on any atom is 0.106 e. The molecule has 0 saturated heterocycles. The van der Waals surface area contributed by atoms with Gasteiger partial charge in [0.1, 0.15) is 6.10 Å². The fraction of sp³-hybridized carbons (Fsp3) is 0.556. The second-order valence-corrected chi connectivity index (χ2v) is 4.64. The van der Waals surface area contributed by atoms with Crippen LogP contribution in [0.2, 0.25) is 0 Å². The van der Waals surface area contributed by atoms with E-state index in [1.807, 2.05) is 32.2 Å². The van der Waals surface area contributed by atoms with Gasteiger partial charge in [0.25, 0.3) is 0 Å². The van der Waals surface area contributed by atoms with E-state index in [4.69, 9.17) is 5.73 Å². The normalized spacial score (nSPS) is 14.8. The molecule has 0 aliphatic carbocycles. The lowest BCUT2D eigenvalue weighted by Gasteiger charge is -2.25. The standard InChI is InChI=1S/C9H15NOS/c1-6-4-5-12-7(6)8(11)9(2,3)10/h4-5,8,11H,10H2,1-3H3. The Bertz CT molecular complexity index is 262. The van der Waals surface area contributed by atoms with Crippen LogP contribution in [0.25, 0.3) is 0 Å². The summed E-state index contributed by atoms with van der Waals surface area (Å²) in [6.07, 6.45) is -0.558. The second-order valence-electron chi connectivity index (χ2n) is 3.69. The first-order valence-corrected chi connectivity index (χ1v) is 4.82. The largest absolute Gasteiger partial charge is 0.386 e. The molecular weight excluding hydrogens is 170 g/mol. The van der Waals surface area contributed by atoms with Crippen molar-refractivity contribution in [3.05, 3.63) is 21.9 Å². The van der Waals surface area contributed by atoms with Gasteiger partial charge in [-0.05, 0) is 37.8 Å². The molecule has 1 atom stereocenters. The predicted octanol–water partition coefficient (Wildman–Crippen LogP) is 1.83. The van der Waals surface area contributed by atoms with Crippen molar-refractivity contribution >= 4 is 11.3 Å². The van der Waals surface area contributed by atoms with E-state index in [2.05, 4.69) is 0 Å². The number of hydrogen-bond acceptors (Lipinski definition) is 3. The van der Waals surface area contributed by atoms with Crippen molar-refractivity contribution in [2.75, 3.05) is 0 Å². The molecule has 0 spiro atoms. The Labute approximate surface area is 77.0 Å². The molecule has 0 bridgehead atoms. The summed E-state index contributed by atoms with van der Waals surface area (Å²) in [6.45, 7) is 5.65. The highest BCUT2D eigenvalue weighted by Crippen LogP contribution is 2.29. The van der Waals surface area contributed by atoms with E-state index in [1.165, 1.54) is 0 Å². The summed E-state index contributed by atoms with van der Waals surface area (Å²) in [5.41, 5.74) is 6.35. The van der Waals surface area contributed by atoms with Crippen LogP contribution in [0.15, 0.2) is 11.4 Å². The molecule has 1 aromatic rings. The Morgan fingerprint density at radius 1 is 1.58 bits per heavy atom. The Morgan fingerprint density at radius 3 is 2.50 bits per heavy atom. The van der Waals surface area contributed by atoms with Crippen molar-refractivity contribution in [2.45, 2.75) is 32.4 Å². The monoisotopic (exact) mass is 185 g/mol. The molecule has 0 aliphatic heterocycles. The molecule has 1 heterocycles. The van der Waals surface area contributed by atoms with Gasteiger partial charge in [0.05, 0.1) is 0 Å². The van der Waals surface area contributed by atoms with Crippen molar-refractivity contribution in [1.29, 1.82) is 0 Å². The predicted molar refractivity (Wildman–Crippen MR) is 52.3 cm³/mol. The van der Waals surface area contributed by atoms with E-state index in [0.29, 0.717) is 0 Å². The summed E-state index contributed by atoms with van der Waals surface area (Å²) in [7, 11) is 0. The van der Waals surface area contributed by atoms with Crippen LogP contribution in [0.1, 0.15) is 30.4 Å². The highest BCUT2D eigenvalue weighted by molar-refractivity contribution is 7.10. The number of aliphatic hydroxyl groups excluding tert-OH is 1. The summed E-state index contributed by atoms with van der Waals surface area (Å²) in [5, 5.41) is 11.8. The van der Waals surface area contributed by atoms with Crippen molar-refractivity contribution in [1.82, 2.24) is 0 Å². The zero-order chi connectivity index (χ0) is 9.35. The number of aliphatic hydroxyl groups is 1. The van der Waals surface area contributed by atoms with Gasteiger partial charge in [-0.2, -0.15) is 0 Å². The Hall–Kier alpha value is -0.380. The summed E-state index contributed by atoms with van der Waals surface area (Å²) < 4.78 is 0. The minimum absolute atomic E-state index is 0.558. The number of aryl methyl sites for hydroxylation is 1. The third kappa shape index (κ3) is 1.86. The number of nitrogens with two attached hydrogens (primary N) is 1. The third-order valence-corrected chi connectivity index (χ3v) is 2.93. The first-order chi connectivity index (χ1) is 5.43. The molecule has 68 valence electrons. The van der Waals surface area contributed by atoms with Gasteiger partial charge in [-0.1, -0.05) is 0 Å². The molecule has 12 heavy (non-hydrogen) atoms. The molecule has 0 fully saturated rings. The van der Waals surface area contributed by atoms with Gasteiger partial charge < -0.3 is 10.8 Å². The SMILES string of the molecule is Cc1ccsc1C(O)C(C)(C)N. The van der Waals surface area contributed by atoms with E-state index in [1.54, 1.807) is 11.3 Å². The number of thiophene rings is 1. The zero-order valence-corrected chi connectivity index (χ0v) is 8.48. The van der Waals surface area contributed by atoms with Gasteiger partial charge in [0.2, 0.25) is 0 Å². The minimum Gasteiger partial charge on any atom is -0.386 e. The molecule has 1 unspecified atom stereocenters. The number of hydrogen-bond donors (Lipinski definition) is 2. The van der Waals surface area contributed by atoms with Gasteiger partial charge in [0.15, 0.2) is 0 Å². The molecule has 3 N–H and O–H groups in total. The molecule has 3 heteroatoms. The highest BCUT2D eigenvalue weighted by Gasteiger charge is 2.26. The second kappa shape index (κ2) is 3.17. The molecule has 2 nitrogen and oxygen atoms in total. The van der Waals surface area contributed by atoms with E-state index < -0.39 is 11.6 Å².